The van der Waals surface area contributed by atoms with Crippen molar-refractivity contribution in [2.75, 3.05) is 23.7 Å². The number of rotatable bonds is 12. The molecule has 2 fully saturated rings. The second-order valence-electron chi connectivity index (χ2n) is 10.8. The Labute approximate surface area is 241 Å². The summed E-state index contributed by atoms with van der Waals surface area (Å²) in [5, 5.41) is 25.3. The second-order valence-corrected chi connectivity index (χ2v) is 10.8. The third-order valence-corrected chi connectivity index (χ3v) is 7.36. The molecule has 0 unspecified atom stereocenters. The number of carboxylic acid groups (broad SMARTS) is 2. The van der Waals surface area contributed by atoms with E-state index in [0.29, 0.717) is 6.54 Å². The molecule has 0 radical (unpaired) electrons. The first kappa shape index (κ1) is 30.2. The van der Waals surface area contributed by atoms with Gasteiger partial charge in [-0.3, -0.25) is 0 Å². The predicted molar refractivity (Wildman–Crippen MR) is 145 cm³/mol. The minimum absolute atomic E-state index is 0. The van der Waals surface area contributed by atoms with Crippen molar-refractivity contribution in [3.05, 3.63) is 82.9 Å². The first-order chi connectivity index (χ1) is 19.1. The Bertz CT molecular complexity index is 1410. The summed E-state index contributed by atoms with van der Waals surface area (Å²) in [6.07, 6.45) is 0.315. The van der Waals surface area contributed by atoms with Gasteiger partial charge in [-0.2, -0.15) is 13.2 Å². The van der Waals surface area contributed by atoms with E-state index in [9.17, 15) is 33.0 Å². The van der Waals surface area contributed by atoms with Crippen LogP contribution < -0.4 is 27.9 Å². The molecular weight excluding hydrogens is 559 g/mol. The molecule has 2 aliphatic rings. The Hall–Kier alpha value is -3.76. The van der Waals surface area contributed by atoms with Crippen LogP contribution in [0.25, 0.3) is 0 Å². The van der Waals surface area contributed by atoms with E-state index in [1.165, 1.54) is 48.8 Å². The number of benzene rings is 3. The predicted octanol–water partition coefficient (Wildman–Crippen LogP) is 2.80. The summed E-state index contributed by atoms with van der Waals surface area (Å²) in [5.41, 5.74) is 0.248. The summed E-state index contributed by atoms with van der Waals surface area (Å²) in [6.45, 7) is 2.82. The van der Waals surface area contributed by atoms with Crippen LogP contribution in [0.4, 0.5) is 35.9 Å². The maximum absolute atomic E-state index is 13.6. The van der Waals surface area contributed by atoms with E-state index in [1.54, 1.807) is 24.3 Å². The molecule has 3 aromatic carbocycles. The third kappa shape index (κ3) is 7.92. The SMILES string of the molecule is O=C(O)c1ccccc1Nc1ccc(C(F)(F)F)cc1Nc1ccc(C[NH+](CC2CC2)CC2CC2)cc1C(=O)O.[Cl-]. The molecule has 0 atom stereocenters. The van der Waals surface area contributed by atoms with Crippen molar-refractivity contribution in [1.29, 1.82) is 0 Å². The van der Waals surface area contributed by atoms with Crippen molar-refractivity contribution < 1.29 is 50.3 Å². The zero-order valence-electron chi connectivity index (χ0n) is 22.1. The molecule has 11 heteroatoms. The number of aromatic carboxylic acids is 2. The molecule has 0 aromatic heterocycles. The Morgan fingerprint density at radius 1 is 0.756 bits per heavy atom. The molecule has 2 aliphatic carbocycles. The fourth-order valence-electron chi connectivity index (χ4n) is 4.97. The number of halogens is 4. The van der Waals surface area contributed by atoms with Crippen LogP contribution in [0.2, 0.25) is 0 Å². The lowest BCUT2D eigenvalue weighted by Crippen LogP contribution is -3.11. The van der Waals surface area contributed by atoms with Gasteiger partial charge >= 0.3 is 18.1 Å². The van der Waals surface area contributed by atoms with Crippen LogP contribution in [-0.4, -0.2) is 35.2 Å². The molecule has 0 heterocycles. The average molecular weight is 590 g/mol. The number of hydrogen-bond donors (Lipinski definition) is 5. The molecular formula is C30H31ClF3N3O4. The lowest BCUT2D eigenvalue weighted by molar-refractivity contribution is -0.917. The summed E-state index contributed by atoms with van der Waals surface area (Å²) in [4.78, 5) is 25.3. The normalized spacial score (nSPS) is 14.8. The van der Waals surface area contributed by atoms with E-state index in [4.69, 9.17) is 0 Å². The Morgan fingerprint density at radius 3 is 1.90 bits per heavy atom. The van der Waals surface area contributed by atoms with Crippen LogP contribution in [0.3, 0.4) is 0 Å². The van der Waals surface area contributed by atoms with Gasteiger partial charge in [0.1, 0.15) is 6.54 Å². The van der Waals surface area contributed by atoms with Crippen LogP contribution >= 0.6 is 0 Å². The first-order valence-electron chi connectivity index (χ1n) is 13.3. The minimum Gasteiger partial charge on any atom is -1.00 e. The number of para-hydroxylation sites is 1. The number of hydrogen-bond acceptors (Lipinski definition) is 4. The van der Waals surface area contributed by atoms with Gasteiger partial charge in [0, 0.05) is 17.4 Å². The highest BCUT2D eigenvalue weighted by Gasteiger charge is 2.33. The van der Waals surface area contributed by atoms with Crippen LogP contribution in [0.15, 0.2) is 60.7 Å². The van der Waals surface area contributed by atoms with Crippen molar-refractivity contribution >= 4 is 34.7 Å². The van der Waals surface area contributed by atoms with Crippen LogP contribution in [0.1, 0.15) is 57.5 Å². The maximum Gasteiger partial charge on any atom is 0.416 e. The largest absolute Gasteiger partial charge is 1.00 e. The molecule has 0 aliphatic heterocycles. The molecule has 5 N–H and O–H groups in total. The number of carboxylic acids is 2. The quantitative estimate of drug-likeness (QED) is 0.223. The van der Waals surface area contributed by atoms with Gasteiger partial charge in [0.15, 0.2) is 0 Å². The van der Waals surface area contributed by atoms with Gasteiger partial charge in [-0.25, -0.2) is 9.59 Å². The van der Waals surface area contributed by atoms with E-state index in [0.717, 1.165) is 42.6 Å². The topological polar surface area (TPSA) is 103 Å². The van der Waals surface area contributed by atoms with E-state index in [2.05, 4.69) is 10.6 Å². The molecule has 41 heavy (non-hydrogen) atoms. The van der Waals surface area contributed by atoms with Gasteiger partial charge in [-0.15, -0.1) is 0 Å². The number of carbonyl (C=O) groups is 2. The first-order valence-corrected chi connectivity index (χ1v) is 13.3. The van der Waals surface area contributed by atoms with Crippen LogP contribution in [0.5, 0.6) is 0 Å². The number of quaternary nitrogens is 1. The van der Waals surface area contributed by atoms with Crippen molar-refractivity contribution in [2.45, 2.75) is 38.4 Å². The van der Waals surface area contributed by atoms with Crippen molar-refractivity contribution in [3.63, 3.8) is 0 Å². The zero-order valence-corrected chi connectivity index (χ0v) is 22.9. The van der Waals surface area contributed by atoms with Gasteiger partial charge in [0.25, 0.3) is 0 Å². The van der Waals surface area contributed by atoms with Gasteiger partial charge in [-0.05, 0) is 68.1 Å². The minimum atomic E-state index is -4.64. The summed E-state index contributed by atoms with van der Waals surface area (Å²) in [7, 11) is 0. The molecule has 0 spiro atoms. The third-order valence-electron chi connectivity index (χ3n) is 7.36. The fourth-order valence-corrected chi connectivity index (χ4v) is 4.97. The summed E-state index contributed by atoms with van der Waals surface area (Å²) in [5.74, 6) is -0.945. The highest BCUT2D eigenvalue weighted by atomic mass is 35.5. The smallest absolute Gasteiger partial charge is 0.416 e. The standard InChI is InChI=1S/C30H30F3N3O4.ClH/c31-30(32,33)21-10-12-26(34-24-4-2-1-3-22(24)28(37)38)27(14-21)35-25-11-9-20(13-23(25)29(39)40)17-36(15-18-5-6-18)16-19-7-8-19;/h1-4,9-14,18-19,34-35H,5-8,15-17H2,(H,37,38)(H,39,40);1H. The Balaban J connectivity index is 0.00000387. The monoisotopic (exact) mass is 589 g/mol. The number of alkyl halides is 3. The van der Waals surface area contributed by atoms with E-state index >= 15 is 0 Å². The molecule has 3 aromatic rings. The highest BCUT2D eigenvalue weighted by Crippen LogP contribution is 2.37. The van der Waals surface area contributed by atoms with Crippen LogP contribution in [-0.2, 0) is 12.7 Å². The fraction of sp³-hybridized carbons (Fsp3) is 0.333. The highest BCUT2D eigenvalue weighted by molar-refractivity contribution is 5.98. The van der Waals surface area contributed by atoms with Crippen molar-refractivity contribution in [2.24, 2.45) is 11.8 Å². The van der Waals surface area contributed by atoms with E-state index in [-0.39, 0.29) is 46.3 Å². The molecule has 0 saturated heterocycles. The molecule has 218 valence electrons. The molecule has 0 amide bonds. The van der Waals surface area contributed by atoms with Gasteiger partial charge < -0.3 is 38.2 Å². The van der Waals surface area contributed by atoms with Crippen molar-refractivity contribution in [1.82, 2.24) is 0 Å². The van der Waals surface area contributed by atoms with Gasteiger partial charge in [0.05, 0.1) is 52.5 Å². The van der Waals surface area contributed by atoms with Crippen molar-refractivity contribution in [3.8, 4) is 0 Å². The molecule has 0 bridgehead atoms. The Kier molecular flexibility index (Phi) is 9.14. The van der Waals surface area contributed by atoms with E-state index < -0.39 is 23.7 Å². The second kappa shape index (κ2) is 12.4. The number of nitrogens with one attached hydrogen (secondary N) is 3. The lowest BCUT2D eigenvalue weighted by Gasteiger charge is -2.21. The average Bonchev–Trinajstić information content (AvgIpc) is 3.83. The summed E-state index contributed by atoms with van der Waals surface area (Å²) in [6, 6.07) is 14.0. The van der Waals surface area contributed by atoms with E-state index in [1.807, 2.05) is 6.07 Å². The Morgan fingerprint density at radius 2 is 1.32 bits per heavy atom. The number of anilines is 4. The molecule has 2 saturated carbocycles. The lowest BCUT2D eigenvalue weighted by atomic mass is 10.1. The summed E-state index contributed by atoms with van der Waals surface area (Å²) >= 11 is 0. The van der Waals surface area contributed by atoms with Gasteiger partial charge in [0.2, 0.25) is 0 Å². The van der Waals surface area contributed by atoms with Gasteiger partial charge in [-0.1, -0.05) is 18.2 Å². The van der Waals surface area contributed by atoms with Crippen LogP contribution in [0, 0.1) is 11.8 Å². The maximum atomic E-state index is 13.6. The molecule has 7 nitrogen and oxygen atoms in total. The zero-order chi connectivity index (χ0) is 28.4. The summed E-state index contributed by atoms with van der Waals surface area (Å²) < 4.78 is 40.8. The molecule has 5 rings (SSSR count).